The van der Waals surface area contributed by atoms with Crippen LogP contribution in [0, 0.1) is 0 Å². The van der Waals surface area contributed by atoms with Gasteiger partial charge >= 0.3 is 0 Å². The Hall–Kier alpha value is -2.29. The SMILES string of the molecule is CCOc1cccc2c1CCC(=O)N2Cc1ccccc1. The highest BCUT2D eigenvalue weighted by atomic mass is 16.5. The fourth-order valence-corrected chi connectivity index (χ4v) is 2.79. The van der Waals surface area contributed by atoms with Crippen LogP contribution in [-0.4, -0.2) is 12.5 Å². The number of carbonyl (C=O) groups excluding carboxylic acids is 1. The highest BCUT2D eigenvalue weighted by Crippen LogP contribution is 2.35. The van der Waals surface area contributed by atoms with E-state index in [0.29, 0.717) is 19.6 Å². The number of carbonyl (C=O) groups is 1. The van der Waals surface area contributed by atoms with Crippen LogP contribution in [0.1, 0.15) is 24.5 Å². The summed E-state index contributed by atoms with van der Waals surface area (Å²) < 4.78 is 5.70. The molecule has 0 fully saturated rings. The Kier molecular flexibility index (Phi) is 3.91. The predicted molar refractivity (Wildman–Crippen MR) is 83.6 cm³/mol. The van der Waals surface area contributed by atoms with Crippen LogP contribution in [0.3, 0.4) is 0 Å². The van der Waals surface area contributed by atoms with Gasteiger partial charge in [0.25, 0.3) is 0 Å². The van der Waals surface area contributed by atoms with Crippen LogP contribution in [-0.2, 0) is 17.8 Å². The third-order valence-electron chi connectivity index (χ3n) is 3.77. The fraction of sp³-hybridized carbons (Fsp3) is 0.278. The minimum Gasteiger partial charge on any atom is -0.494 e. The number of hydrogen-bond acceptors (Lipinski definition) is 2. The summed E-state index contributed by atoms with van der Waals surface area (Å²) in [4.78, 5) is 14.2. The lowest BCUT2D eigenvalue weighted by Crippen LogP contribution is -2.34. The van der Waals surface area contributed by atoms with Crippen molar-refractivity contribution in [3.05, 3.63) is 59.7 Å². The van der Waals surface area contributed by atoms with Gasteiger partial charge in [-0.15, -0.1) is 0 Å². The molecule has 0 radical (unpaired) electrons. The summed E-state index contributed by atoms with van der Waals surface area (Å²) in [6.45, 7) is 3.24. The number of benzene rings is 2. The first-order valence-electron chi connectivity index (χ1n) is 7.38. The number of anilines is 1. The maximum absolute atomic E-state index is 12.3. The zero-order valence-electron chi connectivity index (χ0n) is 12.2. The largest absolute Gasteiger partial charge is 0.494 e. The first kappa shape index (κ1) is 13.7. The molecule has 21 heavy (non-hydrogen) atoms. The minimum atomic E-state index is 0.181. The van der Waals surface area contributed by atoms with Crippen LogP contribution in [0.25, 0.3) is 0 Å². The molecule has 0 aromatic heterocycles. The normalized spacial score (nSPS) is 14.0. The molecule has 0 unspecified atom stereocenters. The van der Waals surface area contributed by atoms with Crippen molar-refractivity contribution < 1.29 is 9.53 Å². The molecular formula is C18H19NO2. The molecule has 0 N–H and O–H groups in total. The van der Waals surface area contributed by atoms with Crippen molar-refractivity contribution in [2.45, 2.75) is 26.3 Å². The Bertz CT molecular complexity index is 637. The quantitative estimate of drug-likeness (QED) is 0.857. The van der Waals surface area contributed by atoms with Crippen molar-refractivity contribution in [2.24, 2.45) is 0 Å². The molecule has 3 rings (SSSR count). The number of rotatable bonds is 4. The second kappa shape index (κ2) is 6.00. The molecule has 3 heteroatoms. The van der Waals surface area contributed by atoms with Gasteiger partial charge in [0.05, 0.1) is 18.8 Å². The zero-order chi connectivity index (χ0) is 14.7. The second-order valence-corrected chi connectivity index (χ2v) is 5.15. The molecule has 3 nitrogen and oxygen atoms in total. The maximum Gasteiger partial charge on any atom is 0.227 e. The highest BCUT2D eigenvalue weighted by Gasteiger charge is 2.26. The fourth-order valence-electron chi connectivity index (χ4n) is 2.79. The number of ether oxygens (including phenoxy) is 1. The van der Waals surface area contributed by atoms with Gasteiger partial charge in [0, 0.05) is 12.0 Å². The molecule has 2 aromatic carbocycles. The monoisotopic (exact) mass is 281 g/mol. The van der Waals surface area contributed by atoms with Crippen LogP contribution >= 0.6 is 0 Å². The first-order chi connectivity index (χ1) is 10.3. The minimum absolute atomic E-state index is 0.181. The Morgan fingerprint density at radius 2 is 1.86 bits per heavy atom. The molecule has 1 aliphatic rings. The van der Waals surface area contributed by atoms with Crippen LogP contribution in [0.4, 0.5) is 5.69 Å². The van der Waals surface area contributed by atoms with Crippen LogP contribution in [0.5, 0.6) is 5.75 Å². The molecule has 0 saturated carbocycles. The number of amides is 1. The summed E-state index contributed by atoms with van der Waals surface area (Å²) in [6, 6.07) is 16.0. The van der Waals surface area contributed by atoms with Gasteiger partial charge in [0.15, 0.2) is 0 Å². The molecule has 2 aromatic rings. The van der Waals surface area contributed by atoms with E-state index < -0.39 is 0 Å². The summed E-state index contributed by atoms with van der Waals surface area (Å²) in [6.07, 6.45) is 1.31. The average molecular weight is 281 g/mol. The van der Waals surface area contributed by atoms with Gasteiger partial charge in [-0.3, -0.25) is 4.79 Å². The van der Waals surface area contributed by atoms with Crippen molar-refractivity contribution >= 4 is 11.6 Å². The third kappa shape index (κ3) is 2.77. The lowest BCUT2D eigenvalue weighted by atomic mass is 9.99. The van der Waals surface area contributed by atoms with Gasteiger partial charge in [-0.25, -0.2) is 0 Å². The summed E-state index contributed by atoms with van der Waals surface area (Å²) >= 11 is 0. The first-order valence-corrected chi connectivity index (χ1v) is 7.38. The lowest BCUT2D eigenvalue weighted by Gasteiger charge is -2.30. The second-order valence-electron chi connectivity index (χ2n) is 5.15. The van der Waals surface area contributed by atoms with Crippen molar-refractivity contribution in [1.82, 2.24) is 0 Å². The van der Waals surface area contributed by atoms with Crippen molar-refractivity contribution in [1.29, 1.82) is 0 Å². The zero-order valence-corrected chi connectivity index (χ0v) is 12.2. The van der Waals surface area contributed by atoms with E-state index in [1.807, 2.05) is 60.4 Å². The number of hydrogen-bond donors (Lipinski definition) is 0. The molecule has 0 atom stereocenters. The van der Waals surface area contributed by atoms with Gasteiger partial charge < -0.3 is 9.64 Å². The van der Waals surface area contributed by atoms with Gasteiger partial charge in [0.2, 0.25) is 5.91 Å². The predicted octanol–water partition coefficient (Wildman–Crippen LogP) is 3.56. The van der Waals surface area contributed by atoms with Crippen LogP contribution in [0.15, 0.2) is 48.5 Å². The van der Waals surface area contributed by atoms with E-state index in [9.17, 15) is 4.79 Å². The van der Waals surface area contributed by atoms with Crippen LogP contribution in [0.2, 0.25) is 0 Å². The molecule has 0 aliphatic carbocycles. The Morgan fingerprint density at radius 3 is 2.62 bits per heavy atom. The van der Waals surface area contributed by atoms with E-state index in [4.69, 9.17) is 4.74 Å². The van der Waals surface area contributed by atoms with Crippen LogP contribution < -0.4 is 9.64 Å². The highest BCUT2D eigenvalue weighted by molar-refractivity contribution is 5.96. The summed E-state index contributed by atoms with van der Waals surface area (Å²) in [5.41, 5.74) is 3.27. The lowest BCUT2D eigenvalue weighted by molar-refractivity contribution is -0.119. The molecule has 0 saturated heterocycles. The molecular weight excluding hydrogens is 262 g/mol. The molecule has 108 valence electrons. The van der Waals surface area contributed by atoms with Gasteiger partial charge in [-0.05, 0) is 31.0 Å². The number of nitrogens with zero attached hydrogens (tertiary/aromatic N) is 1. The molecule has 1 heterocycles. The van der Waals surface area contributed by atoms with Gasteiger partial charge in [-0.2, -0.15) is 0 Å². The molecule has 0 bridgehead atoms. The van der Waals surface area contributed by atoms with Crippen molar-refractivity contribution in [2.75, 3.05) is 11.5 Å². The summed E-state index contributed by atoms with van der Waals surface area (Å²) in [7, 11) is 0. The van der Waals surface area contributed by atoms with Gasteiger partial charge in [-0.1, -0.05) is 36.4 Å². The van der Waals surface area contributed by atoms with E-state index in [1.165, 1.54) is 0 Å². The van der Waals surface area contributed by atoms with Crippen molar-refractivity contribution in [3.63, 3.8) is 0 Å². The van der Waals surface area contributed by atoms with E-state index in [1.54, 1.807) is 0 Å². The van der Waals surface area contributed by atoms with E-state index in [2.05, 4.69) is 0 Å². The average Bonchev–Trinajstić information content (AvgIpc) is 2.52. The topological polar surface area (TPSA) is 29.5 Å². The molecule has 1 aliphatic heterocycles. The Morgan fingerprint density at radius 1 is 1.05 bits per heavy atom. The van der Waals surface area contributed by atoms with E-state index >= 15 is 0 Å². The van der Waals surface area contributed by atoms with E-state index in [0.717, 1.165) is 29.0 Å². The summed E-state index contributed by atoms with van der Waals surface area (Å²) in [5, 5.41) is 0. The standard InChI is InChI=1S/C18H19NO2/c1-2-21-17-10-6-9-16-15(17)11-12-18(20)19(16)13-14-7-4-3-5-8-14/h3-10H,2,11-13H2,1H3. The molecule has 1 amide bonds. The van der Waals surface area contributed by atoms with Gasteiger partial charge in [0.1, 0.15) is 5.75 Å². The Labute approximate surface area is 125 Å². The summed E-state index contributed by atoms with van der Waals surface area (Å²) in [5.74, 6) is 1.08. The van der Waals surface area contributed by atoms with Crippen molar-refractivity contribution in [3.8, 4) is 5.75 Å². The molecule has 0 spiro atoms. The van der Waals surface area contributed by atoms with E-state index in [-0.39, 0.29) is 5.91 Å². The Balaban J connectivity index is 1.95. The number of fused-ring (bicyclic) bond motifs is 1. The maximum atomic E-state index is 12.3. The third-order valence-corrected chi connectivity index (χ3v) is 3.77. The smallest absolute Gasteiger partial charge is 0.227 e.